The van der Waals surface area contributed by atoms with Crippen molar-refractivity contribution in [1.29, 1.82) is 0 Å². The van der Waals surface area contributed by atoms with E-state index in [9.17, 15) is 18.0 Å². The Morgan fingerprint density at radius 1 is 1.12 bits per heavy atom. The second-order valence-electron chi connectivity index (χ2n) is 6.01. The number of hydrogen-bond donors (Lipinski definition) is 2. The Morgan fingerprint density at radius 3 is 2.12 bits per heavy atom. The van der Waals surface area contributed by atoms with Crippen LogP contribution in [0, 0.1) is 0 Å². The van der Waals surface area contributed by atoms with Gasteiger partial charge in [-0.1, -0.05) is 0 Å². The van der Waals surface area contributed by atoms with E-state index in [0.29, 0.717) is 5.75 Å². The Hall–Kier alpha value is -2.29. The van der Waals surface area contributed by atoms with Gasteiger partial charge in [-0.25, -0.2) is 17.9 Å². The number of benzene rings is 1. The summed E-state index contributed by atoms with van der Waals surface area (Å²) in [6.07, 6.45) is -0.813. The van der Waals surface area contributed by atoms with Crippen LogP contribution < -0.4 is 14.8 Å². The van der Waals surface area contributed by atoms with Gasteiger partial charge in [0.15, 0.2) is 0 Å². The van der Waals surface area contributed by atoms with Crippen molar-refractivity contribution < 1.29 is 27.5 Å². The molecule has 8 nitrogen and oxygen atoms in total. The van der Waals surface area contributed by atoms with Crippen LogP contribution in [0.25, 0.3) is 0 Å². The van der Waals surface area contributed by atoms with Crippen LogP contribution in [0.15, 0.2) is 29.2 Å². The zero-order valence-corrected chi connectivity index (χ0v) is 15.1. The number of carbonyl (C=O) groups is 2. The molecule has 0 aliphatic heterocycles. The molecule has 24 heavy (non-hydrogen) atoms. The number of rotatable bonds is 5. The van der Waals surface area contributed by atoms with Crippen molar-refractivity contribution in [2.45, 2.75) is 44.2 Å². The maximum Gasteiger partial charge on any atom is 0.408 e. The molecule has 0 saturated carbocycles. The number of ether oxygens (including phenoxy) is 2. The van der Waals surface area contributed by atoms with Crippen molar-refractivity contribution in [2.75, 3.05) is 7.11 Å². The number of hydrogen-bond acceptors (Lipinski definition) is 6. The van der Waals surface area contributed by atoms with E-state index >= 15 is 0 Å². The van der Waals surface area contributed by atoms with E-state index in [-0.39, 0.29) is 4.90 Å². The number of alkyl carbamates (subject to hydrolysis) is 1. The van der Waals surface area contributed by atoms with Crippen LogP contribution in [0.1, 0.15) is 27.7 Å². The smallest absolute Gasteiger partial charge is 0.408 e. The minimum Gasteiger partial charge on any atom is -0.497 e. The minimum atomic E-state index is -4.05. The summed E-state index contributed by atoms with van der Waals surface area (Å²) in [5, 5.41) is 2.27. The van der Waals surface area contributed by atoms with Gasteiger partial charge in [-0.05, 0) is 52.0 Å². The largest absolute Gasteiger partial charge is 0.497 e. The first kappa shape index (κ1) is 19.8. The van der Waals surface area contributed by atoms with Crippen molar-refractivity contribution >= 4 is 22.0 Å². The highest BCUT2D eigenvalue weighted by molar-refractivity contribution is 7.90. The van der Waals surface area contributed by atoms with Crippen LogP contribution in [0.5, 0.6) is 5.75 Å². The molecule has 1 unspecified atom stereocenters. The van der Waals surface area contributed by atoms with Gasteiger partial charge in [0, 0.05) is 0 Å². The summed E-state index contributed by atoms with van der Waals surface area (Å²) >= 11 is 0. The molecule has 0 saturated heterocycles. The molecule has 9 heteroatoms. The van der Waals surface area contributed by atoms with Crippen molar-refractivity contribution in [3.63, 3.8) is 0 Å². The number of nitrogens with one attached hydrogen (secondary N) is 2. The van der Waals surface area contributed by atoms with Gasteiger partial charge < -0.3 is 14.8 Å². The third kappa shape index (κ3) is 6.07. The second-order valence-corrected chi connectivity index (χ2v) is 7.70. The van der Waals surface area contributed by atoms with Crippen LogP contribution in [0.3, 0.4) is 0 Å². The van der Waals surface area contributed by atoms with E-state index < -0.39 is 33.7 Å². The fourth-order valence-corrected chi connectivity index (χ4v) is 2.64. The molecule has 0 bridgehead atoms. The van der Waals surface area contributed by atoms with Crippen LogP contribution in [-0.2, 0) is 19.6 Å². The lowest BCUT2D eigenvalue weighted by Gasteiger charge is -2.21. The molecule has 134 valence electrons. The van der Waals surface area contributed by atoms with E-state index in [4.69, 9.17) is 9.47 Å². The molecule has 2 amide bonds. The van der Waals surface area contributed by atoms with E-state index in [1.165, 1.54) is 38.3 Å². The highest BCUT2D eigenvalue weighted by Gasteiger charge is 2.25. The summed E-state index contributed by atoms with van der Waals surface area (Å²) in [6.45, 7) is 6.37. The molecule has 0 radical (unpaired) electrons. The summed E-state index contributed by atoms with van der Waals surface area (Å²) in [6, 6.07) is 4.44. The average Bonchev–Trinajstić information content (AvgIpc) is 2.44. The van der Waals surface area contributed by atoms with Gasteiger partial charge in [-0.2, -0.15) is 0 Å². The third-order valence-electron chi connectivity index (χ3n) is 2.73. The molecular formula is C15H22N2O6S. The zero-order chi connectivity index (χ0) is 18.5. The summed E-state index contributed by atoms with van der Waals surface area (Å²) in [7, 11) is -2.59. The van der Waals surface area contributed by atoms with Gasteiger partial charge in [-0.3, -0.25) is 4.79 Å². The molecular weight excluding hydrogens is 336 g/mol. The van der Waals surface area contributed by atoms with Gasteiger partial charge in [0.2, 0.25) is 0 Å². The van der Waals surface area contributed by atoms with Crippen LogP contribution in [-0.4, -0.2) is 39.2 Å². The number of amides is 2. The molecule has 0 fully saturated rings. The van der Waals surface area contributed by atoms with Crippen molar-refractivity contribution in [3.8, 4) is 5.75 Å². The van der Waals surface area contributed by atoms with E-state index in [1.54, 1.807) is 20.8 Å². The molecule has 1 aromatic rings. The molecule has 1 rings (SSSR count). The van der Waals surface area contributed by atoms with Crippen molar-refractivity contribution in [3.05, 3.63) is 24.3 Å². The SMILES string of the molecule is COc1ccc(S(=O)(=O)NC(=O)C(C)NC(=O)OC(C)(C)C)cc1. The normalized spacial score (nSPS) is 12.9. The Morgan fingerprint density at radius 2 is 1.67 bits per heavy atom. The van der Waals surface area contributed by atoms with Crippen molar-refractivity contribution in [2.24, 2.45) is 0 Å². The molecule has 1 atom stereocenters. The van der Waals surface area contributed by atoms with Crippen LogP contribution in [0.2, 0.25) is 0 Å². The maximum atomic E-state index is 12.1. The Labute approximate surface area is 141 Å². The Balaban J connectivity index is 2.72. The summed E-state index contributed by atoms with van der Waals surface area (Å²) in [4.78, 5) is 23.5. The minimum absolute atomic E-state index is 0.0962. The fourth-order valence-electron chi connectivity index (χ4n) is 1.58. The lowest BCUT2D eigenvalue weighted by Crippen LogP contribution is -2.47. The lowest BCUT2D eigenvalue weighted by molar-refractivity contribution is -0.121. The molecule has 0 aliphatic rings. The van der Waals surface area contributed by atoms with E-state index in [1.807, 2.05) is 4.72 Å². The van der Waals surface area contributed by atoms with Crippen LogP contribution >= 0.6 is 0 Å². The summed E-state index contributed by atoms with van der Waals surface area (Å²) in [5.74, 6) is -0.392. The first-order valence-corrected chi connectivity index (χ1v) is 8.63. The van der Waals surface area contributed by atoms with Gasteiger partial charge in [0.25, 0.3) is 15.9 Å². The molecule has 2 N–H and O–H groups in total. The molecule has 0 aliphatic carbocycles. The van der Waals surface area contributed by atoms with Gasteiger partial charge >= 0.3 is 6.09 Å². The molecule has 0 aromatic heterocycles. The van der Waals surface area contributed by atoms with Crippen molar-refractivity contribution in [1.82, 2.24) is 10.0 Å². The lowest BCUT2D eigenvalue weighted by atomic mass is 10.2. The summed E-state index contributed by atoms with van der Waals surface area (Å²) in [5.41, 5.74) is -0.727. The van der Waals surface area contributed by atoms with E-state index in [0.717, 1.165) is 0 Å². The van der Waals surface area contributed by atoms with Crippen LogP contribution in [0.4, 0.5) is 4.79 Å². The number of carbonyl (C=O) groups excluding carboxylic acids is 2. The standard InChI is InChI=1S/C15H22N2O6S/c1-10(16-14(19)23-15(2,3)4)13(18)17-24(20,21)12-8-6-11(22-5)7-9-12/h6-10H,1-5H3,(H,16,19)(H,17,18). The predicted octanol–water partition coefficient (Wildman–Crippen LogP) is 1.41. The second kappa shape index (κ2) is 7.52. The number of sulfonamides is 1. The third-order valence-corrected chi connectivity index (χ3v) is 4.09. The van der Waals surface area contributed by atoms with Gasteiger partial charge in [-0.15, -0.1) is 0 Å². The Kier molecular flexibility index (Phi) is 6.19. The highest BCUT2D eigenvalue weighted by atomic mass is 32.2. The number of methoxy groups -OCH3 is 1. The van der Waals surface area contributed by atoms with E-state index in [2.05, 4.69) is 5.32 Å². The monoisotopic (exact) mass is 358 g/mol. The first-order chi connectivity index (χ1) is 10.9. The highest BCUT2D eigenvalue weighted by Crippen LogP contribution is 2.15. The fraction of sp³-hybridized carbons (Fsp3) is 0.467. The maximum absolute atomic E-state index is 12.1. The zero-order valence-electron chi connectivity index (χ0n) is 14.2. The quantitative estimate of drug-likeness (QED) is 0.823. The first-order valence-electron chi connectivity index (χ1n) is 7.15. The molecule has 0 heterocycles. The van der Waals surface area contributed by atoms with Gasteiger partial charge in [0.05, 0.1) is 12.0 Å². The average molecular weight is 358 g/mol. The van der Waals surface area contributed by atoms with Gasteiger partial charge in [0.1, 0.15) is 17.4 Å². The molecule has 1 aromatic carbocycles. The topological polar surface area (TPSA) is 111 Å². The predicted molar refractivity (Wildman–Crippen MR) is 87.2 cm³/mol. The summed E-state index contributed by atoms with van der Waals surface area (Å²) < 4.78 is 36.1. The molecule has 0 spiro atoms. The Bertz CT molecular complexity index is 692.